The zero-order valence-electron chi connectivity index (χ0n) is 14.2. The molecule has 0 radical (unpaired) electrons. The van der Waals surface area contributed by atoms with E-state index in [4.69, 9.17) is 4.74 Å². The quantitative estimate of drug-likeness (QED) is 0.904. The normalized spacial score (nSPS) is 22.2. The molecule has 1 fully saturated rings. The van der Waals surface area contributed by atoms with Crippen LogP contribution in [-0.4, -0.2) is 51.6 Å². The summed E-state index contributed by atoms with van der Waals surface area (Å²) < 4.78 is 32.2. The van der Waals surface area contributed by atoms with Gasteiger partial charge >= 0.3 is 0 Å². The minimum atomic E-state index is -3.61. The van der Waals surface area contributed by atoms with Gasteiger partial charge in [0.1, 0.15) is 0 Å². The van der Waals surface area contributed by atoms with E-state index in [1.54, 1.807) is 17.9 Å². The Balaban J connectivity index is 2.46. The fourth-order valence-electron chi connectivity index (χ4n) is 2.69. The topological polar surface area (TPSA) is 75.7 Å². The van der Waals surface area contributed by atoms with Crippen molar-refractivity contribution in [2.45, 2.75) is 44.7 Å². The van der Waals surface area contributed by atoms with Crippen LogP contribution in [0.3, 0.4) is 0 Å². The van der Waals surface area contributed by atoms with Crippen LogP contribution in [0, 0.1) is 13.8 Å². The average Bonchev–Trinajstić information content (AvgIpc) is 2.51. The molecule has 2 unspecified atom stereocenters. The van der Waals surface area contributed by atoms with Gasteiger partial charge < -0.3 is 9.64 Å². The maximum absolute atomic E-state index is 12.8. The van der Waals surface area contributed by atoms with Crippen molar-refractivity contribution < 1.29 is 17.9 Å². The lowest BCUT2D eigenvalue weighted by molar-refractivity contribution is -0.0387. The van der Waals surface area contributed by atoms with E-state index < -0.39 is 10.0 Å². The van der Waals surface area contributed by atoms with Crippen LogP contribution in [0.15, 0.2) is 17.0 Å². The first-order valence-corrected chi connectivity index (χ1v) is 9.13. The highest BCUT2D eigenvalue weighted by molar-refractivity contribution is 7.89. The van der Waals surface area contributed by atoms with Gasteiger partial charge in [0, 0.05) is 12.1 Å². The van der Waals surface area contributed by atoms with E-state index in [1.807, 2.05) is 20.8 Å². The molecule has 0 bridgehead atoms. The Morgan fingerprint density at radius 3 is 2.57 bits per heavy atom. The molecule has 1 aliphatic heterocycles. The molecule has 1 heterocycles. The molecule has 1 N–H and O–H groups in total. The monoisotopic (exact) mass is 340 g/mol. The average molecular weight is 340 g/mol. The van der Waals surface area contributed by atoms with Gasteiger partial charge in [0.15, 0.2) is 0 Å². The maximum atomic E-state index is 12.8. The number of amides is 1. The molecular weight excluding hydrogens is 316 g/mol. The standard InChI is InChI=1S/C16H24N2O4S/c1-10-6-14(7-15(13(10)4)23(20,21)17-5)16(19)18-8-12(3)22-9-11(18)2/h6-7,11-12,17H,8-9H2,1-5H3. The van der Waals surface area contributed by atoms with Crippen molar-refractivity contribution in [3.05, 3.63) is 28.8 Å². The molecule has 0 aliphatic carbocycles. The number of carbonyl (C=O) groups excluding carboxylic acids is 1. The van der Waals surface area contributed by atoms with Gasteiger partial charge in [0.05, 0.1) is 23.6 Å². The minimum absolute atomic E-state index is 0.0257. The molecule has 2 atom stereocenters. The predicted octanol–water partition coefficient (Wildman–Crippen LogP) is 1.46. The summed E-state index contributed by atoms with van der Waals surface area (Å²) in [5.74, 6) is -0.164. The first kappa shape index (κ1) is 17.9. The largest absolute Gasteiger partial charge is 0.375 e. The predicted molar refractivity (Wildman–Crippen MR) is 88.1 cm³/mol. The zero-order valence-corrected chi connectivity index (χ0v) is 15.0. The molecule has 0 spiro atoms. The first-order chi connectivity index (χ1) is 10.7. The second-order valence-electron chi connectivity index (χ2n) is 6.07. The number of ether oxygens (including phenoxy) is 1. The third-order valence-corrected chi connectivity index (χ3v) is 5.83. The lowest BCUT2D eigenvalue weighted by Gasteiger charge is -2.37. The van der Waals surface area contributed by atoms with Crippen LogP contribution in [0.25, 0.3) is 0 Å². The first-order valence-electron chi connectivity index (χ1n) is 7.64. The van der Waals surface area contributed by atoms with Gasteiger partial charge in [0.2, 0.25) is 10.0 Å². The fraction of sp³-hybridized carbons (Fsp3) is 0.562. The summed E-state index contributed by atoms with van der Waals surface area (Å²) in [6.45, 7) is 8.39. The van der Waals surface area contributed by atoms with Crippen molar-refractivity contribution in [2.75, 3.05) is 20.2 Å². The van der Waals surface area contributed by atoms with E-state index in [9.17, 15) is 13.2 Å². The van der Waals surface area contributed by atoms with E-state index in [0.717, 1.165) is 5.56 Å². The number of rotatable bonds is 3. The summed E-state index contributed by atoms with van der Waals surface area (Å²) >= 11 is 0. The molecule has 0 saturated carbocycles. The maximum Gasteiger partial charge on any atom is 0.254 e. The number of aryl methyl sites for hydroxylation is 1. The molecule has 7 heteroatoms. The second kappa shape index (κ2) is 6.59. The number of nitrogens with zero attached hydrogens (tertiary/aromatic N) is 1. The van der Waals surface area contributed by atoms with Crippen molar-refractivity contribution in [1.82, 2.24) is 9.62 Å². The Hall–Kier alpha value is -1.44. The van der Waals surface area contributed by atoms with Crippen molar-refractivity contribution in [3.63, 3.8) is 0 Å². The highest BCUT2D eigenvalue weighted by Crippen LogP contribution is 2.23. The van der Waals surface area contributed by atoms with E-state index in [1.165, 1.54) is 13.1 Å². The molecular formula is C16H24N2O4S. The Morgan fingerprint density at radius 1 is 1.30 bits per heavy atom. The number of hydrogen-bond donors (Lipinski definition) is 1. The number of morpholine rings is 1. The Morgan fingerprint density at radius 2 is 1.96 bits per heavy atom. The van der Waals surface area contributed by atoms with Gasteiger partial charge in [-0.2, -0.15) is 0 Å². The SMILES string of the molecule is CNS(=O)(=O)c1cc(C(=O)N2CC(C)OCC2C)cc(C)c1C. The smallest absolute Gasteiger partial charge is 0.254 e. The molecule has 1 aromatic rings. The number of nitrogens with one attached hydrogen (secondary N) is 1. The van der Waals surface area contributed by atoms with Gasteiger partial charge in [-0.15, -0.1) is 0 Å². The summed E-state index contributed by atoms with van der Waals surface area (Å²) in [6.07, 6.45) is -0.0257. The van der Waals surface area contributed by atoms with Gasteiger partial charge in [-0.25, -0.2) is 13.1 Å². The number of hydrogen-bond acceptors (Lipinski definition) is 4. The van der Waals surface area contributed by atoms with E-state index in [2.05, 4.69) is 4.72 Å². The van der Waals surface area contributed by atoms with Crippen molar-refractivity contribution in [2.24, 2.45) is 0 Å². The van der Waals surface area contributed by atoms with Gasteiger partial charge in [0.25, 0.3) is 5.91 Å². The van der Waals surface area contributed by atoms with Crippen molar-refractivity contribution >= 4 is 15.9 Å². The molecule has 1 aliphatic rings. The highest BCUT2D eigenvalue weighted by atomic mass is 32.2. The summed E-state index contributed by atoms with van der Waals surface area (Å²) in [5, 5.41) is 0. The van der Waals surface area contributed by atoms with Crippen LogP contribution in [0.4, 0.5) is 0 Å². The third-order valence-electron chi connectivity index (χ3n) is 4.29. The number of sulfonamides is 1. The zero-order chi connectivity index (χ0) is 17.4. The molecule has 1 aromatic carbocycles. The van der Waals surface area contributed by atoms with Gasteiger partial charge in [-0.3, -0.25) is 4.79 Å². The Kier molecular flexibility index (Phi) is 5.13. The molecule has 2 rings (SSSR count). The molecule has 1 saturated heterocycles. The molecule has 6 nitrogen and oxygen atoms in total. The van der Waals surface area contributed by atoms with E-state index in [0.29, 0.717) is 24.3 Å². The van der Waals surface area contributed by atoms with Crippen LogP contribution >= 0.6 is 0 Å². The number of carbonyl (C=O) groups is 1. The van der Waals surface area contributed by atoms with E-state index in [-0.39, 0.29) is 22.9 Å². The summed E-state index contributed by atoms with van der Waals surface area (Å²) in [7, 11) is -2.24. The molecule has 0 aromatic heterocycles. The Bertz CT molecular complexity index is 715. The van der Waals surface area contributed by atoms with Gasteiger partial charge in [-0.05, 0) is 58.0 Å². The van der Waals surface area contributed by atoms with Crippen molar-refractivity contribution in [1.29, 1.82) is 0 Å². The molecule has 128 valence electrons. The van der Waals surface area contributed by atoms with E-state index >= 15 is 0 Å². The molecule has 23 heavy (non-hydrogen) atoms. The minimum Gasteiger partial charge on any atom is -0.375 e. The Labute approximate surface area is 137 Å². The van der Waals surface area contributed by atoms with Gasteiger partial charge in [-0.1, -0.05) is 0 Å². The highest BCUT2D eigenvalue weighted by Gasteiger charge is 2.29. The van der Waals surface area contributed by atoms with Crippen LogP contribution in [0.1, 0.15) is 35.3 Å². The lowest BCUT2D eigenvalue weighted by Crippen LogP contribution is -2.50. The second-order valence-corrected chi connectivity index (χ2v) is 7.93. The summed E-state index contributed by atoms with van der Waals surface area (Å²) in [6, 6.07) is 3.17. The molecule has 1 amide bonds. The number of benzene rings is 1. The third kappa shape index (κ3) is 3.57. The fourth-order valence-corrected chi connectivity index (χ4v) is 3.76. The summed E-state index contributed by atoms with van der Waals surface area (Å²) in [5.41, 5.74) is 1.82. The lowest BCUT2D eigenvalue weighted by atomic mass is 10.0. The van der Waals surface area contributed by atoms with Crippen LogP contribution in [-0.2, 0) is 14.8 Å². The summed E-state index contributed by atoms with van der Waals surface area (Å²) in [4.78, 5) is 14.7. The van der Waals surface area contributed by atoms with Crippen molar-refractivity contribution in [3.8, 4) is 0 Å². The van der Waals surface area contributed by atoms with Crippen LogP contribution in [0.2, 0.25) is 0 Å². The van der Waals surface area contributed by atoms with Crippen LogP contribution < -0.4 is 4.72 Å². The van der Waals surface area contributed by atoms with Crippen LogP contribution in [0.5, 0.6) is 0 Å².